The second-order valence-electron chi connectivity index (χ2n) is 4.71. The fourth-order valence-electron chi connectivity index (χ4n) is 2.25. The van der Waals surface area contributed by atoms with Gasteiger partial charge in [0.05, 0.1) is 11.7 Å². The van der Waals surface area contributed by atoms with Gasteiger partial charge >= 0.3 is 0 Å². The maximum atomic E-state index is 12.1. The van der Waals surface area contributed by atoms with Crippen LogP contribution < -0.4 is 5.32 Å². The molecule has 20 heavy (non-hydrogen) atoms. The molecule has 1 atom stereocenters. The standard InChI is InChI=1S/C16H13BrN2O/c1-10(11-5-3-2-4-6-11)18-15-13-9-12(17)7-8-14(13)19-16(15)20/h2-10H,1H3,(H,18,19,20). The number of amides is 1. The van der Waals surface area contributed by atoms with E-state index in [4.69, 9.17) is 0 Å². The van der Waals surface area contributed by atoms with Crippen LogP contribution in [0.2, 0.25) is 0 Å². The number of nitrogens with zero attached hydrogens (tertiary/aromatic N) is 1. The Labute approximate surface area is 125 Å². The predicted molar refractivity (Wildman–Crippen MR) is 84.2 cm³/mol. The van der Waals surface area contributed by atoms with E-state index in [-0.39, 0.29) is 11.9 Å². The molecule has 0 saturated heterocycles. The van der Waals surface area contributed by atoms with E-state index in [0.717, 1.165) is 21.3 Å². The van der Waals surface area contributed by atoms with Crippen molar-refractivity contribution >= 4 is 33.2 Å². The number of halogens is 1. The summed E-state index contributed by atoms with van der Waals surface area (Å²) in [6, 6.07) is 15.6. The van der Waals surface area contributed by atoms with Gasteiger partial charge in [-0.25, -0.2) is 0 Å². The van der Waals surface area contributed by atoms with Crippen molar-refractivity contribution in [2.75, 3.05) is 5.32 Å². The van der Waals surface area contributed by atoms with Crippen LogP contribution in [0.5, 0.6) is 0 Å². The fraction of sp³-hybridized carbons (Fsp3) is 0.125. The minimum Gasteiger partial charge on any atom is -0.320 e. The number of benzene rings is 2. The molecule has 3 nitrogen and oxygen atoms in total. The van der Waals surface area contributed by atoms with Gasteiger partial charge in [-0.1, -0.05) is 46.3 Å². The highest BCUT2D eigenvalue weighted by molar-refractivity contribution is 9.10. The van der Waals surface area contributed by atoms with Crippen molar-refractivity contribution in [1.82, 2.24) is 0 Å². The molecule has 3 rings (SSSR count). The molecule has 1 heterocycles. The number of rotatable bonds is 2. The molecule has 1 aliphatic heterocycles. The van der Waals surface area contributed by atoms with E-state index < -0.39 is 0 Å². The third-order valence-corrected chi connectivity index (χ3v) is 3.80. The lowest BCUT2D eigenvalue weighted by atomic mass is 10.1. The Morgan fingerprint density at radius 2 is 1.90 bits per heavy atom. The number of carbonyl (C=O) groups excluding carboxylic acids is 1. The van der Waals surface area contributed by atoms with Crippen molar-refractivity contribution in [3.63, 3.8) is 0 Å². The Balaban J connectivity index is 2.01. The van der Waals surface area contributed by atoms with E-state index in [0.29, 0.717) is 5.71 Å². The number of anilines is 1. The summed E-state index contributed by atoms with van der Waals surface area (Å²) in [5, 5.41) is 2.84. The van der Waals surface area contributed by atoms with E-state index in [9.17, 15) is 4.79 Å². The summed E-state index contributed by atoms with van der Waals surface area (Å²) in [6.45, 7) is 1.99. The highest BCUT2D eigenvalue weighted by Crippen LogP contribution is 2.28. The molecule has 0 aromatic heterocycles. The van der Waals surface area contributed by atoms with E-state index in [1.807, 2.05) is 55.5 Å². The highest BCUT2D eigenvalue weighted by Gasteiger charge is 2.26. The van der Waals surface area contributed by atoms with Gasteiger partial charge in [-0.15, -0.1) is 0 Å². The van der Waals surface area contributed by atoms with Gasteiger partial charge < -0.3 is 5.32 Å². The number of aliphatic imine (C=N–C) groups is 1. The minimum absolute atomic E-state index is 0.0538. The Morgan fingerprint density at radius 3 is 2.65 bits per heavy atom. The summed E-state index contributed by atoms with van der Waals surface area (Å²) in [5.41, 5.74) is 3.26. The zero-order chi connectivity index (χ0) is 14.1. The van der Waals surface area contributed by atoms with Gasteiger partial charge in [0.2, 0.25) is 0 Å². The summed E-state index contributed by atoms with van der Waals surface area (Å²) in [6.07, 6.45) is 0. The van der Waals surface area contributed by atoms with Crippen LogP contribution in [-0.4, -0.2) is 11.6 Å². The Hall–Kier alpha value is -1.94. The van der Waals surface area contributed by atoms with Crippen molar-refractivity contribution in [2.24, 2.45) is 4.99 Å². The summed E-state index contributed by atoms with van der Waals surface area (Å²) >= 11 is 3.43. The third kappa shape index (κ3) is 2.39. The lowest BCUT2D eigenvalue weighted by Crippen LogP contribution is -2.15. The summed E-state index contributed by atoms with van der Waals surface area (Å²) in [5.74, 6) is -0.138. The minimum atomic E-state index is -0.138. The molecular weight excluding hydrogens is 316 g/mol. The molecule has 1 unspecified atom stereocenters. The van der Waals surface area contributed by atoms with E-state index >= 15 is 0 Å². The first kappa shape index (κ1) is 13.1. The Kier molecular flexibility index (Phi) is 3.40. The van der Waals surface area contributed by atoms with Gasteiger partial charge in [0, 0.05) is 10.0 Å². The van der Waals surface area contributed by atoms with E-state index in [1.54, 1.807) is 0 Å². The molecule has 0 fully saturated rings. The van der Waals surface area contributed by atoms with Gasteiger partial charge in [0.25, 0.3) is 5.91 Å². The van der Waals surface area contributed by atoms with Crippen molar-refractivity contribution in [2.45, 2.75) is 13.0 Å². The van der Waals surface area contributed by atoms with Crippen molar-refractivity contribution < 1.29 is 4.79 Å². The molecule has 0 radical (unpaired) electrons. The second kappa shape index (κ2) is 5.21. The van der Waals surface area contributed by atoms with Gasteiger partial charge in [-0.3, -0.25) is 9.79 Å². The molecule has 1 amide bonds. The zero-order valence-electron chi connectivity index (χ0n) is 10.9. The predicted octanol–water partition coefficient (Wildman–Crippen LogP) is 3.95. The monoisotopic (exact) mass is 328 g/mol. The van der Waals surface area contributed by atoms with Crippen molar-refractivity contribution in [3.8, 4) is 0 Å². The first-order chi connectivity index (χ1) is 9.65. The lowest BCUT2D eigenvalue weighted by molar-refractivity contribution is -0.110. The van der Waals surface area contributed by atoms with Crippen LogP contribution in [0, 0.1) is 0 Å². The number of hydrogen-bond acceptors (Lipinski definition) is 2. The normalized spacial score (nSPS) is 16.9. The maximum absolute atomic E-state index is 12.1. The van der Waals surface area contributed by atoms with Crippen molar-refractivity contribution in [1.29, 1.82) is 0 Å². The highest BCUT2D eigenvalue weighted by atomic mass is 79.9. The first-order valence-electron chi connectivity index (χ1n) is 6.39. The molecule has 4 heteroatoms. The SMILES string of the molecule is CC(N=C1C(=O)Nc2ccc(Br)cc21)c1ccccc1. The van der Waals surface area contributed by atoms with Crippen LogP contribution in [0.4, 0.5) is 5.69 Å². The molecule has 1 aliphatic rings. The lowest BCUT2D eigenvalue weighted by Gasteiger charge is -2.07. The molecule has 0 aliphatic carbocycles. The first-order valence-corrected chi connectivity index (χ1v) is 7.18. The topological polar surface area (TPSA) is 41.5 Å². The number of nitrogens with one attached hydrogen (secondary N) is 1. The summed E-state index contributed by atoms with van der Waals surface area (Å²) in [7, 11) is 0. The number of hydrogen-bond donors (Lipinski definition) is 1. The molecule has 0 spiro atoms. The molecule has 0 saturated carbocycles. The van der Waals surface area contributed by atoms with Crippen LogP contribution in [0.25, 0.3) is 0 Å². The van der Waals surface area contributed by atoms with E-state index in [1.165, 1.54) is 0 Å². The largest absolute Gasteiger partial charge is 0.320 e. The molecule has 100 valence electrons. The Morgan fingerprint density at radius 1 is 1.15 bits per heavy atom. The summed E-state index contributed by atoms with van der Waals surface area (Å²) < 4.78 is 0.938. The molecule has 0 bridgehead atoms. The van der Waals surface area contributed by atoms with Gasteiger partial charge in [-0.05, 0) is 30.7 Å². The van der Waals surface area contributed by atoms with Crippen LogP contribution in [0.3, 0.4) is 0 Å². The van der Waals surface area contributed by atoms with Gasteiger partial charge in [-0.2, -0.15) is 0 Å². The number of fused-ring (bicyclic) bond motifs is 1. The smallest absolute Gasteiger partial charge is 0.274 e. The van der Waals surface area contributed by atoms with Crippen LogP contribution >= 0.6 is 15.9 Å². The molecular formula is C16H13BrN2O. The van der Waals surface area contributed by atoms with Gasteiger partial charge in [0.1, 0.15) is 5.71 Å². The van der Waals surface area contributed by atoms with E-state index in [2.05, 4.69) is 26.2 Å². The van der Waals surface area contributed by atoms with Crippen molar-refractivity contribution in [3.05, 3.63) is 64.1 Å². The average molecular weight is 329 g/mol. The zero-order valence-corrected chi connectivity index (χ0v) is 12.5. The van der Waals surface area contributed by atoms with Crippen LogP contribution in [-0.2, 0) is 4.79 Å². The second-order valence-corrected chi connectivity index (χ2v) is 5.62. The molecule has 2 aromatic carbocycles. The van der Waals surface area contributed by atoms with Gasteiger partial charge in [0.15, 0.2) is 0 Å². The summed E-state index contributed by atoms with van der Waals surface area (Å²) in [4.78, 5) is 16.6. The average Bonchev–Trinajstić information content (AvgIpc) is 2.76. The quantitative estimate of drug-likeness (QED) is 0.890. The fourth-order valence-corrected chi connectivity index (χ4v) is 2.61. The number of carbonyl (C=O) groups is 1. The third-order valence-electron chi connectivity index (χ3n) is 3.30. The van der Waals surface area contributed by atoms with Crippen LogP contribution in [0.1, 0.15) is 24.1 Å². The van der Waals surface area contributed by atoms with Crippen LogP contribution in [0.15, 0.2) is 58.0 Å². The molecule has 2 aromatic rings. The maximum Gasteiger partial charge on any atom is 0.274 e. The molecule has 1 N–H and O–H groups in total. The Bertz CT molecular complexity index is 695.